The average molecular weight is 523 g/mol. The quantitative estimate of drug-likeness (QED) is 0.101. The predicted molar refractivity (Wildman–Crippen MR) is 170 cm³/mol. The Hall–Kier alpha value is -0.0400. The summed E-state index contributed by atoms with van der Waals surface area (Å²) in [5.74, 6) is 0. The zero-order chi connectivity index (χ0) is 27.7. The van der Waals surface area contributed by atoms with Gasteiger partial charge in [-0.1, -0.05) is 189 Å². The lowest BCUT2D eigenvalue weighted by Gasteiger charge is -2.40. The van der Waals surface area contributed by atoms with Gasteiger partial charge in [0, 0.05) is 0 Å². The van der Waals surface area contributed by atoms with E-state index in [9.17, 15) is 5.11 Å². The summed E-state index contributed by atoms with van der Waals surface area (Å²) < 4.78 is 0. The van der Waals surface area contributed by atoms with Crippen LogP contribution in [0.15, 0.2) is 0 Å². The van der Waals surface area contributed by atoms with E-state index in [1.165, 1.54) is 167 Å². The molecule has 0 aromatic carbocycles. The third-order valence-electron chi connectivity index (χ3n) is 9.06. The van der Waals surface area contributed by atoms with Crippen molar-refractivity contribution in [2.45, 2.75) is 221 Å². The summed E-state index contributed by atoms with van der Waals surface area (Å²) in [6.45, 7) is 13.6. The topological polar surface area (TPSA) is 20.2 Å². The van der Waals surface area contributed by atoms with E-state index in [2.05, 4.69) is 41.5 Å². The number of aliphatic hydroxyl groups is 1. The molecule has 2 unspecified atom stereocenters. The minimum Gasteiger partial charge on any atom is -0.393 e. The van der Waals surface area contributed by atoms with Crippen LogP contribution in [0.5, 0.6) is 0 Å². The summed E-state index contributed by atoms with van der Waals surface area (Å²) in [5, 5.41) is 11.2. The zero-order valence-corrected chi connectivity index (χ0v) is 27.1. The Labute approximate surface area is 236 Å². The summed E-state index contributed by atoms with van der Waals surface area (Å²) >= 11 is 0. The molecule has 224 valence electrons. The van der Waals surface area contributed by atoms with Gasteiger partial charge in [0.2, 0.25) is 0 Å². The van der Waals surface area contributed by atoms with Crippen LogP contribution in [-0.2, 0) is 0 Å². The maximum absolute atomic E-state index is 11.2. The summed E-state index contributed by atoms with van der Waals surface area (Å²) in [6.07, 6.45) is 37.1. The average Bonchev–Trinajstić information content (AvgIpc) is 2.86. The van der Waals surface area contributed by atoms with Gasteiger partial charge in [-0.25, -0.2) is 0 Å². The summed E-state index contributed by atoms with van der Waals surface area (Å²) in [5.41, 5.74) is 0.353. The molecule has 0 rings (SSSR count). The highest BCUT2D eigenvalue weighted by molar-refractivity contribution is 4.86. The van der Waals surface area contributed by atoms with Gasteiger partial charge in [-0.2, -0.15) is 0 Å². The van der Waals surface area contributed by atoms with Crippen LogP contribution in [0, 0.1) is 10.8 Å². The van der Waals surface area contributed by atoms with E-state index in [1.54, 1.807) is 0 Å². The summed E-state index contributed by atoms with van der Waals surface area (Å²) in [7, 11) is 0. The Morgan fingerprint density at radius 1 is 0.405 bits per heavy atom. The Morgan fingerprint density at radius 3 is 0.892 bits per heavy atom. The Kier molecular flexibility index (Phi) is 24.9. The lowest BCUT2D eigenvalue weighted by atomic mass is 9.67. The van der Waals surface area contributed by atoms with Gasteiger partial charge in [-0.05, 0) is 36.5 Å². The number of aliphatic hydroxyl groups excluding tert-OH is 1. The lowest BCUT2D eigenvalue weighted by Crippen LogP contribution is -2.34. The Bertz CT molecular complexity index is 450. The van der Waals surface area contributed by atoms with Crippen LogP contribution in [0.2, 0.25) is 0 Å². The van der Waals surface area contributed by atoms with E-state index < -0.39 is 0 Å². The van der Waals surface area contributed by atoms with Crippen molar-refractivity contribution < 1.29 is 5.11 Å². The molecule has 0 aliphatic carbocycles. The van der Waals surface area contributed by atoms with Crippen molar-refractivity contribution >= 4 is 0 Å². The third-order valence-corrected chi connectivity index (χ3v) is 9.06. The van der Waals surface area contributed by atoms with Crippen LogP contribution in [0.1, 0.15) is 215 Å². The Morgan fingerprint density at radius 2 is 0.649 bits per heavy atom. The second-order valence-corrected chi connectivity index (χ2v) is 13.9. The first-order valence-electron chi connectivity index (χ1n) is 17.5. The molecule has 0 saturated heterocycles. The normalized spacial score (nSPS) is 14.7. The lowest BCUT2D eigenvalue weighted by molar-refractivity contribution is 0.00313. The molecule has 0 bridgehead atoms. The van der Waals surface area contributed by atoms with Crippen LogP contribution in [0.4, 0.5) is 0 Å². The summed E-state index contributed by atoms with van der Waals surface area (Å²) in [6, 6.07) is 0. The highest BCUT2D eigenvalue weighted by atomic mass is 16.3. The first-order valence-corrected chi connectivity index (χ1v) is 17.5. The van der Waals surface area contributed by atoms with E-state index in [4.69, 9.17) is 0 Å². The third kappa shape index (κ3) is 22.5. The van der Waals surface area contributed by atoms with Gasteiger partial charge in [0.05, 0.1) is 6.10 Å². The van der Waals surface area contributed by atoms with E-state index >= 15 is 0 Å². The van der Waals surface area contributed by atoms with E-state index in [0.717, 1.165) is 6.42 Å². The number of hydrogen-bond donors (Lipinski definition) is 1. The fraction of sp³-hybridized carbons (Fsp3) is 1.00. The van der Waals surface area contributed by atoms with Crippen LogP contribution < -0.4 is 0 Å². The molecule has 0 aromatic rings. The fourth-order valence-electron chi connectivity index (χ4n) is 6.12. The van der Waals surface area contributed by atoms with E-state index in [-0.39, 0.29) is 11.5 Å². The molecule has 0 saturated carbocycles. The molecule has 0 aliphatic heterocycles. The monoisotopic (exact) mass is 523 g/mol. The highest BCUT2D eigenvalue weighted by Gasteiger charge is 2.35. The van der Waals surface area contributed by atoms with Crippen LogP contribution in [0.3, 0.4) is 0 Å². The maximum Gasteiger partial charge on any atom is 0.0593 e. The molecule has 0 aromatic heterocycles. The van der Waals surface area contributed by atoms with E-state index in [0.29, 0.717) is 5.41 Å². The van der Waals surface area contributed by atoms with Gasteiger partial charge in [0.15, 0.2) is 0 Å². The molecule has 0 amide bonds. The largest absolute Gasteiger partial charge is 0.393 e. The second kappa shape index (κ2) is 25.0. The maximum atomic E-state index is 11.2. The molecule has 0 radical (unpaired) electrons. The molecule has 0 spiro atoms. The molecule has 37 heavy (non-hydrogen) atoms. The van der Waals surface area contributed by atoms with Crippen molar-refractivity contribution in [3.63, 3.8) is 0 Å². The zero-order valence-electron chi connectivity index (χ0n) is 27.1. The van der Waals surface area contributed by atoms with Gasteiger partial charge < -0.3 is 5.11 Å². The van der Waals surface area contributed by atoms with Gasteiger partial charge in [-0.15, -0.1) is 0 Å². The molecule has 1 heteroatoms. The number of rotatable bonds is 28. The summed E-state index contributed by atoms with van der Waals surface area (Å²) in [4.78, 5) is 0. The van der Waals surface area contributed by atoms with Crippen molar-refractivity contribution in [3.05, 3.63) is 0 Å². The van der Waals surface area contributed by atoms with Crippen molar-refractivity contribution in [1.29, 1.82) is 0 Å². The van der Waals surface area contributed by atoms with Gasteiger partial charge in [-0.3, -0.25) is 0 Å². The smallest absolute Gasteiger partial charge is 0.0593 e. The van der Waals surface area contributed by atoms with Crippen LogP contribution in [0.25, 0.3) is 0 Å². The number of unbranched alkanes of at least 4 members (excludes halogenated alkanes) is 20. The first-order chi connectivity index (χ1) is 17.8. The highest BCUT2D eigenvalue weighted by Crippen LogP contribution is 2.44. The molecule has 0 aliphatic rings. The molecule has 0 heterocycles. The molecule has 1 nitrogen and oxygen atoms in total. The SMILES string of the molecule is CCCCCCCCCCCCC(CCCCCCC)(CCCCCCCCCC)CC(O)C(C)(C)C. The predicted octanol–water partition coefficient (Wildman–Crippen LogP) is 13.0. The molecule has 0 fully saturated rings. The van der Waals surface area contributed by atoms with Gasteiger partial charge in [0.25, 0.3) is 0 Å². The molecule has 2 atom stereocenters. The number of hydrogen-bond acceptors (Lipinski definition) is 1. The van der Waals surface area contributed by atoms with Crippen LogP contribution >= 0.6 is 0 Å². The van der Waals surface area contributed by atoms with E-state index in [1.807, 2.05) is 0 Å². The van der Waals surface area contributed by atoms with Gasteiger partial charge in [0.1, 0.15) is 0 Å². The van der Waals surface area contributed by atoms with Crippen molar-refractivity contribution in [1.82, 2.24) is 0 Å². The minimum absolute atomic E-state index is 0.00941. The fourth-order valence-corrected chi connectivity index (χ4v) is 6.12. The van der Waals surface area contributed by atoms with Crippen molar-refractivity contribution in [2.24, 2.45) is 10.8 Å². The molecular formula is C36H74O. The first kappa shape index (κ1) is 37.0. The molecule has 1 N–H and O–H groups in total. The molecular weight excluding hydrogens is 448 g/mol. The van der Waals surface area contributed by atoms with Gasteiger partial charge >= 0.3 is 0 Å². The minimum atomic E-state index is -0.180. The van der Waals surface area contributed by atoms with Crippen molar-refractivity contribution in [3.8, 4) is 0 Å². The van der Waals surface area contributed by atoms with Crippen molar-refractivity contribution in [2.75, 3.05) is 0 Å². The van der Waals surface area contributed by atoms with Crippen LogP contribution in [-0.4, -0.2) is 11.2 Å². The standard InChI is InChI=1S/C36H74O/c1-7-10-13-16-18-20-21-23-26-29-32-36(30-27-24-15-12-9-3,33-34(37)35(4,5)6)31-28-25-22-19-17-14-11-8-2/h34,37H,7-33H2,1-6H3. The Balaban J connectivity index is 4.84. The second-order valence-electron chi connectivity index (χ2n) is 13.9.